The minimum atomic E-state index is -0.843. The van der Waals surface area contributed by atoms with Crippen LogP contribution < -0.4 is 5.32 Å². The summed E-state index contributed by atoms with van der Waals surface area (Å²) < 4.78 is 16.4. The van der Waals surface area contributed by atoms with Gasteiger partial charge in [-0.15, -0.1) is 4.99 Å². The van der Waals surface area contributed by atoms with Gasteiger partial charge in [-0.1, -0.05) is 35.5 Å². The van der Waals surface area contributed by atoms with Crippen LogP contribution in [0, 0.1) is 5.41 Å². The molecule has 1 saturated carbocycles. The summed E-state index contributed by atoms with van der Waals surface area (Å²) >= 11 is 0. The van der Waals surface area contributed by atoms with Crippen LogP contribution in [0.5, 0.6) is 0 Å². The van der Waals surface area contributed by atoms with E-state index in [0.717, 1.165) is 24.8 Å². The summed E-state index contributed by atoms with van der Waals surface area (Å²) in [6, 6.07) is 11.4. The molecule has 3 aliphatic rings. The van der Waals surface area contributed by atoms with Crippen molar-refractivity contribution in [2.75, 3.05) is 20.1 Å². The van der Waals surface area contributed by atoms with Crippen molar-refractivity contribution in [3.63, 3.8) is 0 Å². The Balaban J connectivity index is 1.24. The fourth-order valence-electron chi connectivity index (χ4n) is 5.72. The first-order valence-corrected chi connectivity index (χ1v) is 15.4. The van der Waals surface area contributed by atoms with E-state index in [2.05, 4.69) is 15.5 Å². The lowest BCUT2D eigenvalue weighted by molar-refractivity contribution is -0.153. The van der Waals surface area contributed by atoms with Crippen molar-refractivity contribution < 1.29 is 33.2 Å². The zero-order valence-corrected chi connectivity index (χ0v) is 27.2. The maximum absolute atomic E-state index is 13.5. The molecule has 5 rings (SSSR count). The van der Waals surface area contributed by atoms with Gasteiger partial charge in [-0.3, -0.25) is 10.2 Å². The molecule has 2 aliphatic heterocycles. The van der Waals surface area contributed by atoms with Gasteiger partial charge in [-0.05, 0) is 71.8 Å². The number of nitrogens with zero attached hydrogens (tertiary/aromatic N) is 5. The van der Waals surface area contributed by atoms with Crippen molar-refractivity contribution in [3.8, 4) is 0 Å². The highest BCUT2D eigenvalue weighted by Gasteiger charge is 2.63. The standard InChI is InChI=1S/C32H44N6O7/c1-30(2,3)43-27(39)33-26(34-28(40)44-31(4,5)6)36(7)16-13-22-17-23(35-45-22)24-18-32(14-15-32)25-19-37(24)29(41)38(25)42-20-21-11-9-8-10-12-21/h8-12,17,24-25H,13-16,18-20H2,1-7H3,(H,33,34,39,40)/t24-,25+/m0/s1. The van der Waals surface area contributed by atoms with E-state index in [-0.39, 0.29) is 29.5 Å². The number of guanidine groups is 1. The lowest BCUT2D eigenvalue weighted by Crippen LogP contribution is -2.45. The van der Waals surface area contributed by atoms with Crippen LogP contribution in [0.15, 0.2) is 45.9 Å². The average Bonchev–Trinajstić information content (AvgIpc) is 3.42. The number of aromatic nitrogens is 1. The highest BCUT2D eigenvalue weighted by molar-refractivity contribution is 5.98. The van der Waals surface area contributed by atoms with Crippen LogP contribution in [-0.4, -0.2) is 81.6 Å². The Morgan fingerprint density at radius 2 is 1.80 bits per heavy atom. The molecule has 1 spiro atoms. The van der Waals surface area contributed by atoms with Gasteiger partial charge in [0.25, 0.3) is 0 Å². The number of benzene rings is 1. The molecule has 13 heteroatoms. The van der Waals surface area contributed by atoms with E-state index in [4.69, 9.17) is 18.8 Å². The van der Waals surface area contributed by atoms with Crippen molar-refractivity contribution in [2.45, 2.75) is 97.1 Å². The number of likely N-dealkylation sites (N-methyl/N-ethyl adjacent to an activating group) is 1. The summed E-state index contributed by atoms with van der Waals surface area (Å²) in [5.74, 6) is 0.576. The smallest absolute Gasteiger partial charge is 0.437 e. The molecule has 4 amide bonds. The minimum Gasteiger partial charge on any atom is -0.444 e. The summed E-state index contributed by atoms with van der Waals surface area (Å²) in [6.07, 6.45) is 1.69. The third-order valence-electron chi connectivity index (χ3n) is 8.05. The Kier molecular flexibility index (Phi) is 8.85. The number of carbonyl (C=O) groups is 3. The maximum Gasteiger partial charge on any atom is 0.437 e. The van der Waals surface area contributed by atoms with E-state index >= 15 is 0 Å². The normalized spacial score (nSPS) is 20.8. The molecule has 45 heavy (non-hydrogen) atoms. The van der Waals surface area contributed by atoms with E-state index in [0.29, 0.717) is 37.6 Å². The topological polar surface area (TPSA) is 139 Å². The SMILES string of the molecule is CN(CCc1cc([C@@H]2CC3(CC3)[C@H]3CN2C(=O)N3OCc2ccccc2)no1)/C(=N\C(=O)OC(C)(C)C)NC(=O)OC(C)(C)C. The number of aliphatic imine (C=N–C) groups is 1. The van der Waals surface area contributed by atoms with E-state index in [1.54, 1.807) is 58.6 Å². The number of nitrogens with one attached hydrogen (secondary N) is 1. The number of amides is 4. The third kappa shape index (κ3) is 7.94. The van der Waals surface area contributed by atoms with Crippen molar-refractivity contribution in [2.24, 2.45) is 10.4 Å². The van der Waals surface area contributed by atoms with Gasteiger partial charge in [-0.2, -0.15) is 5.06 Å². The predicted molar refractivity (Wildman–Crippen MR) is 164 cm³/mol. The third-order valence-corrected chi connectivity index (χ3v) is 8.05. The van der Waals surface area contributed by atoms with Crippen LogP contribution in [0.1, 0.15) is 83.9 Å². The Labute approximate surface area is 263 Å². The minimum absolute atomic E-state index is 0.0176. The maximum atomic E-state index is 13.5. The number of rotatable bonds is 7. The van der Waals surface area contributed by atoms with Crippen LogP contribution >= 0.6 is 0 Å². The molecular formula is C32H44N6O7. The Bertz CT molecular complexity index is 1420. The Morgan fingerprint density at radius 3 is 2.44 bits per heavy atom. The van der Waals surface area contributed by atoms with Gasteiger partial charge in [0.15, 0.2) is 0 Å². The molecule has 2 atom stereocenters. The highest BCUT2D eigenvalue weighted by atomic mass is 16.7. The highest BCUT2D eigenvalue weighted by Crippen LogP contribution is 2.61. The summed E-state index contributed by atoms with van der Waals surface area (Å²) in [5, 5.41) is 8.50. The number of piperidine rings is 1. The van der Waals surface area contributed by atoms with Gasteiger partial charge in [0.05, 0.1) is 12.1 Å². The van der Waals surface area contributed by atoms with Crippen molar-refractivity contribution >= 4 is 24.2 Å². The second-order valence-electron chi connectivity index (χ2n) is 14.1. The van der Waals surface area contributed by atoms with Gasteiger partial charge < -0.3 is 23.8 Å². The van der Waals surface area contributed by atoms with Gasteiger partial charge in [-0.25, -0.2) is 14.4 Å². The first-order chi connectivity index (χ1) is 21.1. The average molecular weight is 625 g/mol. The van der Waals surface area contributed by atoms with Crippen molar-refractivity contribution in [3.05, 3.63) is 53.4 Å². The molecule has 1 aromatic heterocycles. The second-order valence-corrected chi connectivity index (χ2v) is 14.1. The van der Waals surface area contributed by atoms with E-state index in [9.17, 15) is 14.4 Å². The summed E-state index contributed by atoms with van der Waals surface area (Å²) in [5.41, 5.74) is 0.228. The van der Waals surface area contributed by atoms with Gasteiger partial charge >= 0.3 is 18.2 Å². The van der Waals surface area contributed by atoms with Crippen LogP contribution in [0.4, 0.5) is 14.4 Å². The molecule has 2 bridgehead atoms. The molecule has 0 unspecified atom stereocenters. The molecular weight excluding hydrogens is 580 g/mol. The van der Waals surface area contributed by atoms with Crippen LogP contribution in [-0.2, 0) is 27.3 Å². The van der Waals surface area contributed by atoms with E-state index < -0.39 is 23.4 Å². The second kappa shape index (κ2) is 12.3. The molecule has 3 heterocycles. The fraction of sp³-hybridized carbons (Fsp3) is 0.594. The number of hydrogen-bond acceptors (Lipinski definition) is 8. The van der Waals surface area contributed by atoms with Gasteiger partial charge in [0, 0.05) is 32.6 Å². The lowest BCUT2D eigenvalue weighted by atomic mass is 9.84. The molecule has 1 aliphatic carbocycles. The van der Waals surface area contributed by atoms with Crippen molar-refractivity contribution in [1.29, 1.82) is 0 Å². The molecule has 3 fully saturated rings. The molecule has 13 nitrogen and oxygen atoms in total. The Hall–Kier alpha value is -4.13. The summed E-state index contributed by atoms with van der Waals surface area (Å²) in [6.45, 7) is 11.7. The first kappa shape index (κ1) is 32.3. The zero-order chi connectivity index (χ0) is 32.6. The molecule has 2 saturated heterocycles. The van der Waals surface area contributed by atoms with Crippen LogP contribution in [0.25, 0.3) is 0 Å². The molecule has 0 radical (unpaired) electrons. The first-order valence-electron chi connectivity index (χ1n) is 15.4. The van der Waals surface area contributed by atoms with E-state index in [1.807, 2.05) is 41.3 Å². The number of fused-ring (bicyclic) bond motifs is 3. The monoisotopic (exact) mass is 624 g/mol. The molecule has 2 aromatic rings. The van der Waals surface area contributed by atoms with Gasteiger partial charge in [0.2, 0.25) is 5.96 Å². The largest absolute Gasteiger partial charge is 0.444 e. The van der Waals surface area contributed by atoms with E-state index in [1.165, 1.54) is 0 Å². The van der Waals surface area contributed by atoms with Crippen LogP contribution in [0.2, 0.25) is 0 Å². The number of hydroxylamine groups is 2. The number of ether oxygens (including phenoxy) is 2. The number of carbonyl (C=O) groups excluding carboxylic acids is 3. The summed E-state index contributed by atoms with van der Waals surface area (Å²) in [7, 11) is 1.68. The number of urea groups is 1. The van der Waals surface area contributed by atoms with Crippen molar-refractivity contribution in [1.82, 2.24) is 25.3 Å². The molecule has 244 valence electrons. The Morgan fingerprint density at radius 1 is 1.11 bits per heavy atom. The summed E-state index contributed by atoms with van der Waals surface area (Å²) in [4.78, 5) is 52.0. The van der Waals surface area contributed by atoms with Gasteiger partial charge in [0.1, 0.15) is 29.3 Å². The lowest BCUT2D eigenvalue weighted by Gasteiger charge is -2.35. The fourth-order valence-corrected chi connectivity index (χ4v) is 5.72. The molecule has 1 N–H and O–H groups in total. The van der Waals surface area contributed by atoms with Crippen LogP contribution in [0.3, 0.4) is 0 Å². The number of hydrogen-bond donors (Lipinski definition) is 1. The number of alkyl carbamates (subject to hydrolysis) is 1. The quantitative estimate of drug-likeness (QED) is 0.316. The zero-order valence-electron chi connectivity index (χ0n) is 27.2. The molecule has 1 aromatic carbocycles. The predicted octanol–water partition coefficient (Wildman–Crippen LogP) is 5.43.